The number of nitrogens with one attached hydrogen (secondary N) is 1. The first-order chi connectivity index (χ1) is 9.10. The van der Waals surface area contributed by atoms with E-state index in [9.17, 15) is 4.79 Å². The maximum Gasteiger partial charge on any atom is 0.255 e. The highest BCUT2D eigenvalue weighted by molar-refractivity contribution is 9.10. The van der Waals surface area contributed by atoms with Gasteiger partial charge in [-0.05, 0) is 58.2 Å². The second-order valence-corrected chi connectivity index (χ2v) is 5.40. The van der Waals surface area contributed by atoms with E-state index in [0.29, 0.717) is 10.6 Å². The molecule has 1 amide bonds. The summed E-state index contributed by atoms with van der Waals surface area (Å²) in [5, 5.41) is 3.37. The SMILES string of the molecule is CCc1ccc(NC(=O)c2ccc(Br)c(Cl)c2)cc1. The lowest BCUT2D eigenvalue weighted by Crippen LogP contribution is -2.11. The van der Waals surface area contributed by atoms with Crippen molar-refractivity contribution in [2.45, 2.75) is 13.3 Å². The molecular formula is C15H13BrClNO. The zero-order chi connectivity index (χ0) is 13.8. The van der Waals surface area contributed by atoms with E-state index in [4.69, 9.17) is 11.6 Å². The van der Waals surface area contributed by atoms with Crippen molar-refractivity contribution < 1.29 is 4.79 Å². The average molecular weight is 339 g/mol. The van der Waals surface area contributed by atoms with Crippen LogP contribution in [-0.2, 0) is 6.42 Å². The minimum atomic E-state index is -0.168. The Kier molecular flexibility index (Phi) is 4.61. The molecule has 0 atom stereocenters. The van der Waals surface area contributed by atoms with Gasteiger partial charge in [0.05, 0.1) is 5.02 Å². The second-order valence-electron chi connectivity index (χ2n) is 4.13. The van der Waals surface area contributed by atoms with Gasteiger partial charge in [0.25, 0.3) is 5.91 Å². The lowest BCUT2D eigenvalue weighted by Gasteiger charge is -2.07. The highest BCUT2D eigenvalue weighted by Crippen LogP contribution is 2.23. The number of halogens is 2. The Morgan fingerprint density at radius 3 is 2.47 bits per heavy atom. The fourth-order valence-electron chi connectivity index (χ4n) is 1.66. The van der Waals surface area contributed by atoms with Crippen LogP contribution in [0.5, 0.6) is 0 Å². The van der Waals surface area contributed by atoms with Crippen molar-refractivity contribution in [3.63, 3.8) is 0 Å². The molecule has 2 nitrogen and oxygen atoms in total. The van der Waals surface area contributed by atoms with Crippen molar-refractivity contribution >= 4 is 39.1 Å². The van der Waals surface area contributed by atoms with Gasteiger partial charge in [0, 0.05) is 15.7 Å². The third-order valence-electron chi connectivity index (χ3n) is 2.80. The normalized spacial score (nSPS) is 10.3. The fraction of sp³-hybridized carbons (Fsp3) is 0.133. The maximum atomic E-state index is 12.0. The molecule has 98 valence electrons. The molecule has 0 aromatic heterocycles. The minimum absolute atomic E-state index is 0.168. The number of amides is 1. The summed E-state index contributed by atoms with van der Waals surface area (Å²) in [6.07, 6.45) is 0.983. The first-order valence-electron chi connectivity index (χ1n) is 5.95. The number of carbonyl (C=O) groups is 1. The van der Waals surface area contributed by atoms with E-state index >= 15 is 0 Å². The van der Waals surface area contributed by atoms with E-state index in [2.05, 4.69) is 28.2 Å². The van der Waals surface area contributed by atoms with E-state index in [1.54, 1.807) is 18.2 Å². The summed E-state index contributed by atoms with van der Waals surface area (Å²) < 4.78 is 0.776. The van der Waals surface area contributed by atoms with Gasteiger partial charge in [0.1, 0.15) is 0 Å². The Balaban J connectivity index is 2.13. The molecule has 0 fully saturated rings. The molecular weight excluding hydrogens is 326 g/mol. The molecule has 1 N–H and O–H groups in total. The van der Waals surface area contributed by atoms with Crippen LogP contribution in [0.25, 0.3) is 0 Å². The fourth-order valence-corrected chi connectivity index (χ4v) is 2.09. The first-order valence-corrected chi connectivity index (χ1v) is 7.12. The Hall–Kier alpha value is -1.32. The molecule has 4 heteroatoms. The molecule has 0 saturated heterocycles. The molecule has 0 aliphatic rings. The van der Waals surface area contributed by atoms with E-state index in [0.717, 1.165) is 16.6 Å². The number of rotatable bonds is 3. The predicted molar refractivity (Wildman–Crippen MR) is 82.9 cm³/mol. The number of aryl methyl sites for hydroxylation is 1. The van der Waals surface area contributed by atoms with E-state index in [1.165, 1.54) is 5.56 Å². The molecule has 0 aliphatic heterocycles. The lowest BCUT2D eigenvalue weighted by molar-refractivity contribution is 0.102. The van der Waals surface area contributed by atoms with Crippen LogP contribution < -0.4 is 5.32 Å². The maximum absolute atomic E-state index is 12.0. The van der Waals surface area contributed by atoms with Gasteiger partial charge in [-0.3, -0.25) is 4.79 Å². The topological polar surface area (TPSA) is 29.1 Å². The molecule has 2 aromatic rings. The largest absolute Gasteiger partial charge is 0.322 e. The number of anilines is 1. The molecule has 0 radical (unpaired) electrons. The minimum Gasteiger partial charge on any atom is -0.322 e. The standard InChI is InChI=1S/C15H13BrClNO/c1-2-10-3-6-12(7-4-10)18-15(19)11-5-8-13(16)14(17)9-11/h3-9H,2H2,1H3,(H,18,19). The van der Waals surface area contributed by atoms with Crippen LogP contribution in [0.3, 0.4) is 0 Å². The van der Waals surface area contributed by atoms with Gasteiger partial charge in [-0.2, -0.15) is 0 Å². The van der Waals surface area contributed by atoms with Crippen LogP contribution in [0.2, 0.25) is 5.02 Å². The van der Waals surface area contributed by atoms with Gasteiger partial charge < -0.3 is 5.32 Å². The number of hydrogen-bond donors (Lipinski definition) is 1. The quantitative estimate of drug-likeness (QED) is 0.846. The number of benzene rings is 2. The molecule has 2 rings (SSSR count). The summed E-state index contributed by atoms with van der Waals surface area (Å²) in [5.74, 6) is -0.168. The van der Waals surface area contributed by atoms with Crippen LogP contribution in [0.15, 0.2) is 46.9 Å². The summed E-state index contributed by atoms with van der Waals surface area (Å²) in [6.45, 7) is 2.09. The van der Waals surface area contributed by atoms with Gasteiger partial charge >= 0.3 is 0 Å². The summed E-state index contributed by atoms with van der Waals surface area (Å²) in [4.78, 5) is 12.0. The number of hydrogen-bond acceptors (Lipinski definition) is 1. The molecule has 0 aliphatic carbocycles. The highest BCUT2D eigenvalue weighted by Gasteiger charge is 2.08. The van der Waals surface area contributed by atoms with Crippen molar-refractivity contribution in [3.05, 3.63) is 63.1 Å². The van der Waals surface area contributed by atoms with Gasteiger partial charge in [-0.25, -0.2) is 0 Å². The molecule has 0 saturated carbocycles. The summed E-state index contributed by atoms with van der Waals surface area (Å²) in [7, 11) is 0. The van der Waals surface area contributed by atoms with Gasteiger partial charge in [0.2, 0.25) is 0 Å². The van der Waals surface area contributed by atoms with E-state index in [-0.39, 0.29) is 5.91 Å². The van der Waals surface area contributed by atoms with Gasteiger partial charge in [-0.1, -0.05) is 30.7 Å². The third-order valence-corrected chi connectivity index (χ3v) is 4.03. The molecule has 19 heavy (non-hydrogen) atoms. The van der Waals surface area contributed by atoms with Crippen molar-refractivity contribution in [3.8, 4) is 0 Å². The Bertz CT molecular complexity index is 596. The number of carbonyl (C=O) groups excluding carboxylic acids is 1. The van der Waals surface area contributed by atoms with Crippen LogP contribution in [0.1, 0.15) is 22.8 Å². The lowest BCUT2D eigenvalue weighted by atomic mass is 10.1. The van der Waals surface area contributed by atoms with Crippen molar-refractivity contribution in [1.29, 1.82) is 0 Å². The third kappa shape index (κ3) is 3.58. The molecule has 2 aromatic carbocycles. The Morgan fingerprint density at radius 2 is 1.89 bits per heavy atom. The summed E-state index contributed by atoms with van der Waals surface area (Å²) in [5.41, 5.74) is 2.55. The predicted octanol–water partition coefficient (Wildman–Crippen LogP) is 4.92. The average Bonchev–Trinajstić information content (AvgIpc) is 2.42. The molecule has 0 spiro atoms. The van der Waals surface area contributed by atoms with E-state index in [1.807, 2.05) is 24.3 Å². The highest BCUT2D eigenvalue weighted by atomic mass is 79.9. The van der Waals surface area contributed by atoms with Crippen LogP contribution in [-0.4, -0.2) is 5.91 Å². The van der Waals surface area contributed by atoms with Crippen molar-refractivity contribution in [1.82, 2.24) is 0 Å². The molecule has 0 bridgehead atoms. The van der Waals surface area contributed by atoms with Crippen LogP contribution in [0.4, 0.5) is 5.69 Å². The monoisotopic (exact) mass is 337 g/mol. The summed E-state index contributed by atoms with van der Waals surface area (Å²) in [6, 6.07) is 12.9. The zero-order valence-electron chi connectivity index (χ0n) is 10.4. The van der Waals surface area contributed by atoms with Crippen molar-refractivity contribution in [2.24, 2.45) is 0 Å². The van der Waals surface area contributed by atoms with Crippen LogP contribution >= 0.6 is 27.5 Å². The Labute approximate surface area is 125 Å². The second kappa shape index (κ2) is 6.22. The van der Waals surface area contributed by atoms with E-state index < -0.39 is 0 Å². The van der Waals surface area contributed by atoms with Gasteiger partial charge in [0.15, 0.2) is 0 Å². The molecule has 0 unspecified atom stereocenters. The van der Waals surface area contributed by atoms with Crippen molar-refractivity contribution in [2.75, 3.05) is 5.32 Å². The Morgan fingerprint density at radius 1 is 1.21 bits per heavy atom. The summed E-state index contributed by atoms with van der Waals surface area (Å²) >= 11 is 9.27. The zero-order valence-corrected chi connectivity index (χ0v) is 12.8. The van der Waals surface area contributed by atoms with Crippen LogP contribution in [0, 0.1) is 0 Å². The van der Waals surface area contributed by atoms with Gasteiger partial charge in [-0.15, -0.1) is 0 Å². The smallest absolute Gasteiger partial charge is 0.255 e. The first kappa shape index (κ1) is 14.1. The molecule has 0 heterocycles.